The van der Waals surface area contributed by atoms with Crippen LogP contribution in [0.5, 0.6) is 0 Å². The molecule has 0 aromatic heterocycles. The third-order valence-corrected chi connectivity index (χ3v) is 2.05. The van der Waals surface area contributed by atoms with Crippen LogP contribution in [0.3, 0.4) is 0 Å². The lowest BCUT2D eigenvalue weighted by Crippen LogP contribution is -2.01. The lowest BCUT2D eigenvalue weighted by Gasteiger charge is -2.01. The van der Waals surface area contributed by atoms with Crippen molar-refractivity contribution in [3.05, 3.63) is 0 Å². The van der Waals surface area contributed by atoms with Crippen LogP contribution in [0.2, 0.25) is 0 Å². The van der Waals surface area contributed by atoms with Crippen molar-refractivity contribution in [3.8, 4) is 0 Å². The Morgan fingerprint density at radius 2 is 2.22 bits per heavy atom. The van der Waals surface area contributed by atoms with Gasteiger partial charge in [-0.15, -0.1) is 0 Å². The molecule has 1 aliphatic carbocycles. The zero-order valence-corrected chi connectivity index (χ0v) is 6.10. The topological polar surface area (TPSA) is 19.9 Å². The maximum absolute atomic E-state index is 10.8. The molecule has 1 nitrogen and oxygen atoms in total. The van der Waals surface area contributed by atoms with Crippen LogP contribution >= 0.6 is 0 Å². The van der Waals surface area contributed by atoms with Gasteiger partial charge in [0.25, 0.3) is 0 Å². The molecule has 1 unspecified atom stereocenters. The highest BCUT2D eigenvalue weighted by atomic mass is 16.3. The lowest BCUT2D eigenvalue weighted by molar-refractivity contribution is 0.0748. The summed E-state index contributed by atoms with van der Waals surface area (Å²) in [6.45, 7) is 1.98. The number of hydrogen-bond donors (Lipinski definition) is 0. The van der Waals surface area contributed by atoms with E-state index in [1.54, 1.807) is 0 Å². The fraction of sp³-hybridized carbons (Fsp3) is 1.00. The average molecular weight is 127 g/mol. The largest absolute Gasteiger partial charge is 0.233 e. The summed E-state index contributed by atoms with van der Waals surface area (Å²) in [5.74, 6) is 0.938. The highest BCUT2D eigenvalue weighted by Gasteiger charge is 2.21. The maximum atomic E-state index is 10.8. The van der Waals surface area contributed by atoms with Crippen molar-refractivity contribution in [1.82, 2.24) is 0 Å². The first-order valence-corrected chi connectivity index (χ1v) is 3.98. The van der Waals surface area contributed by atoms with E-state index in [2.05, 4.69) is 0 Å². The molecule has 1 aliphatic rings. The Morgan fingerprint density at radius 3 is 2.67 bits per heavy atom. The molecule has 0 saturated heterocycles. The molecule has 53 valence electrons. The molecule has 0 heterocycles. The SMILES string of the molecule is CCC([O])CCC1CC1. The lowest BCUT2D eigenvalue weighted by atomic mass is 10.1. The summed E-state index contributed by atoms with van der Waals surface area (Å²) >= 11 is 0. The van der Waals surface area contributed by atoms with Gasteiger partial charge in [-0.05, 0) is 25.2 Å². The van der Waals surface area contributed by atoms with Crippen LogP contribution in [0.15, 0.2) is 0 Å². The van der Waals surface area contributed by atoms with Crippen LogP contribution in [0, 0.1) is 5.92 Å². The van der Waals surface area contributed by atoms with E-state index in [4.69, 9.17) is 0 Å². The molecule has 1 fully saturated rings. The molecule has 0 aromatic carbocycles. The van der Waals surface area contributed by atoms with Crippen LogP contribution in [-0.2, 0) is 5.11 Å². The van der Waals surface area contributed by atoms with E-state index < -0.39 is 0 Å². The third kappa shape index (κ3) is 2.85. The molecule has 0 N–H and O–H groups in total. The van der Waals surface area contributed by atoms with Gasteiger partial charge in [0.05, 0.1) is 6.10 Å². The summed E-state index contributed by atoms with van der Waals surface area (Å²) in [4.78, 5) is 0. The fourth-order valence-electron chi connectivity index (χ4n) is 1.03. The minimum absolute atomic E-state index is 0.273. The Morgan fingerprint density at radius 1 is 1.56 bits per heavy atom. The van der Waals surface area contributed by atoms with Crippen molar-refractivity contribution < 1.29 is 5.11 Å². The molecule has 0 aromatic rings. The minimum atomic E-state index is -0.273. The molecule has 1 heteroatoms. The highest BCUT2D eigenvalue weighted by molar-refractivity contribution is 4.73. The van der Waals surface area contributed by atoms with Gasteiger partial charge < -0.3 is 0 Å². The smallest absolute Gasteiger partial charge is 0.0927 e. The molecular weight excluding hydrogens is 112 g/mol. The van der Waals surface area contributed by atoms with Gasteiger partial charge >= 0.3 is 0 Å². The maximum Gasteiger partial charge on any atom is 0.0927 e. The summed E-state index contributed by atoms with van der Waals surface area (Å²) in [6.07, 6.45) is 5.42. The standard InChI is InChI=1S/C8H15O/c1-2-8(9)6-5-7-3-4-7/h7-8H,2-6H2,1H3. The predicted octanol–water partition coefficient (Wildman–Crippen LogP) is 2.39. The van der Waals surface area contributed by atoms with Crippen molar-refractivity contribution >= 4 is 0 Å². The van der Waals surface area contributed by atoms with E-state index in [0.29, 0.717) is 0 Å². The van der Waals surface area contributed by atoms with E-state index in [1.165, 1.54) is 19.3 Å². The Labute approximate surface area is 57.1 Å². The van der Waals surface area contributed by atoms with E-state index in [0.717, 1.165) is 18.8 Å². The second kappa shape index (κ2) is 3.21. The molecule has 1 atom stereocenters. The first-order chi connectivity index (χ1) is 4.33. The average Bonchev–Trinajstić information content (AvgIpc) is 2.65. The summed E-state index contributed by atoms with van der Waals surface area (Å²) in [6, 6.07) is 0. The minimum Gasteiger partial charge on any atom is -0.233 e. The van der Waals surface area contributed by atoms with Gasteiger partial charge in [-0.25, -0.2) is 5.11 Å². The summed E-state index contributed by atoms with van der Waals surface area (Å²) < 4.78 is 0. The van der Waals surface area contributed by atoms with Crippen molar-refractivity contribution in [2.75, 3.05) is 0 Å². The first-order valence-electron chi connectivity index (χ1n) is 3.98. The molecule has 1 radical (unpaired) electrons. The first kappa shape index (κ1) is 7.07. The Kier molecular flexibility index (Phi) is 2.52. The van der Waals surface area contributed by atoms with E-state index in [1.807, 2.05) is 6.92 Å². The van der Waals surface area contributed by atoms with E-state index in [-0.39, 0.29) is 6.10 Å². The second-order valence-corrected chi connectivity index (χ2v) is 3.05. The Balaban J connectivity index is 1.90. The molecule has 1 saturated carbocycles. The molecule has 0 amide bonds. The summed E-state index contributed by atoms with van der Waals surface area (Å²) in [5, 5.41) is 10.8. The monoisotopic (exact) mass is 127 g/mol. The van der Waals surface area contributed by atoms with Gasteiger partial charge in [-0.2, -0.15) is 0 Å². The Bertz CT molecular complexity index is 76.6. The van der Waals surface area contributed by atoms with Gasteiger partial charge in [-0.3, -0.25) is 0 Å². The molecule has 0 aliphatic heterocycles. The van der Waals surface area contributed by atoms with Crippen LogP contribution < -0.4 is 0 Å². The molecular formula is C8H15O. The van der Waals surface area contributed by atoms with Crippen LogP contribution in [-0.4, -0.2) is 6.10 Å². The van der Waals surface area contributed by atoms with Crippen LogP contribution in [0.4, 0.5) is 0 Å². The van der Waals surface area contributed by atoms with Crippen molar-refractivity contribution in [2.45, 2.75) is 45.1 Å². The normalized spacial score (nSPS) is 22.0. The zero-order chi connectivity index (χ0) is 6.69. The highest BCUT2D eigenvalue weighted by Crippen LogP contribution is 2.34. The van der Waals surface area contributed by atoms with E-state index >= 15 is 0 Å². The van der Waals surface area contributed by atoms with Gasteiger partial charge in [0.1, 0.15) is 0 Å². The van der Waals surface area contributed by atoms with Crippen molar-refractivity contribution in [1.29, 1.82) is 0 Å². The predicted molar refractivity (Wildman–Crippen MR) is 36.7 cm³/mol. The third-order valence-electron chi connectivity index (χ3n) is 2.05. The quantitative estimate of drug-likeness (QED) is 0.552. The molecule has 9 heavy (non-hydrogen) atoms. The summed E-state index contributed by atoms with van der Waals surface area (Å²) in [5.41, 5.74) is 0. The van der Waals surface area contributed by atoms with E-state index in [9.17, 15) is 5.11 Å². The van der Waals surface area contributed by atoms with Gasteiger partial charge in [0, 0.05) is 0 Å². The fourth-order valence-corrected chi connectivity index (χ4v) is 1.03. The van der Waals surface area contributed by atoms with Crippen LogP contribution in [0.1, 0.15) is 39.0 Å². The number of hydrogen-bond acceptors (Lipinski definition) is 0. The van der Waals surface area contributed by atoms with Crippen LogP contribution in [0.25, 0.3) is 0 Å². The van der Waals surface area contributed by atoms with Crippen molar-refractivity contribution in [2.24, 2.45) is 5.92 Å². The zero-order valence-electron chi connectivity index (χ0n) is 6.10. The molecule has 1 rings (SSSR count). The number of rotatable bonds is 4. The van der Waals surface area contributed by atoms with Crippen molar-refractivity contribution in [3.63, 3.8) is 0 Å². The van der Waals surface area contributed by atoms with Gasteiger partial charge in [-0.1, -0.05) is 19.8 Å². The molecule has 0 bridgehead atoms. The Hall–Kier alpha value is -0.0400. The van der Waals surface area contributed by atoms with Gasteiger partial charge in [0.2, 0.25) is 0 Å². The van der Waals surface area contributed by atoms with Gasteiger partial charge in [0.15, 0.2) is 0 Å². The molecule has 0 spiro atoms. The second-order valence-electron chi connectivity index (χ2n) is 3.05. The summed E-state index contributed by atoms with van der Waals surface area (Å²) in [7, 11) is 0.